The third kappa shape index (κ3) is 3.28. The van der Waals surface area contributed by atoms with E-state index < -0.39 is 0 Å². The van der Waals surface area contributed by atoms with E-state index in [-0.39, 0.29) is 17.4 Å². The Bertz CT molecular complexity index is 668. The summed E-state index contributed by atoms with van der Waals surface area (Å²) >= 11 is 0. The first-order valence-electron chi connectivity index (χ1n) is 6.60. The largest absolute Gasteiger partial charge is 0.437 e. The topological polar surface area (TPSA) is 93.6 Å². The summed E-state index contributed by atoms with van der Waals surface area (Å²) in [5, 5.41) is 11.7. The van der Waals surface area contributed by atoms with E-state index in [9.17, 15) is 0 Å². The van der Waals surface area contributed by atoms with E-state index in [1.807, 2.05) is 25.1 Å². The van der Waals surface area contributed by atoms with Crippen molar-refractivity contribution in [1.82, 2.24) is 9.97 Å². The molecule has 0 aliphatic heterocycles. The van der Waals surface area contributed by atoms with Gasteiger partial charge in [0.2, 0.25) is 5.88 Å². The van der Waals surface area contributed by atoms with E-state index in [1.165, 1.54) is 18.0 Å². The van der Waals surface area contributed by atoms with Crippen LogP contribution in [0, 0.1) is 6.92 Å². The van der Waals surface area contributed by atoms with Crippen LogP contribution in [0.2, 0.25) is 0 Å². The van der Waals surface area contributed by atoms with Crippen LogP contribution in [-0.4, -0.2) is 21.0 Å². The van der Waals surface area contributed by atoms with Crippen molar-refractivity contribution in [3.8, 4) is 11.6 Å². The van der Waals surface area contributed by atoms with Crippen LogP contribution in [0.5, 0.6) is 11.6 Å². The molecule has 2 aromatic rings. The van der Waals surface area contributed by atoms with Crippen LogP contribution < -0.4 is 10.5 Å². The number of rotatable bonds is 4. The minimum absolute atomic E-state index is 0.145. The van der Waals surface area contributed by atoms with Crippen molar-refractivity contribution in [3.05, 3.63) is 47.4 Å². The summed E-state index contributed by atoms with van der Waals surface area (Å²) in [5.74, 6) is 1.13. The molecule has 0 bridgehead atoms. The lowest BCUT2D eigenvalue weighted by molar-refractivity contribution is 0.318. The molecular weight excluding hydrogens is 268 g/mol. The molecule has 0 saturated carbocycles. The molecule has 0 unspecified atom stereocenters. The first-order chi connectivity index (χ1) is 10.0. The monoisotopic (exact) mass is 286 g/mol. The smallest absolute Gasteiger partial charge is 0.249 e. The normalized spacial score (nSPS) is 11.7. The van der Waals surface area contributed by atoms with Gasteiger partial charge in [-0.15, -0.1) is 0 Å². The van der Waals surface area contributed by atoms with E-state index in [4.69, 9.17) is 15.7 Å². The number of benzene rings is 1. The van der Waals surface area contributed by atoms with E-state index in [0.29, 0.717) is 11.7 Å². The number of nitrogens with zero attached hydrogens (tertiary/aromatic N) is 3. The predicted octanol–water partition coefficient (Wildman–Crippen LogP) is 2.80. The average molecular weight is 286 g/mol. The summed E-state index contributed by atoms with van der Waals surface area (Å²) in [6.07, 6.45) is 2.94. The minimum atomic E-state index is -0.145. The molecular formula is C15H18N4O2. The van der Waals surface area contributed by atoms with Crippen molar-refractivity contribution < 1.29 is 9.94 Å². The van der Waals surface area contributed by atoms with Crippen LogP contribution in [-0.2, 0) is 0 Å². The second-order valence-corrected chi connectivity index (χ2v) is 4.97. The number of oxime groups is 1. The number of nitrogens with two attached hydrogens (primary N) is 1. The molecule has 2 rings (SSSR count). The molecule has 0 radical (unpaired) electrons. The lowest BCUT2D eigenvalue weighted by Crippen LogP contribution is -2.16. The van der Waals surface area contributed by atoms with Crippen LogP contribution in [0.3, 0.4) is 0 Å². The SMILES string of the molecule is Cc1cc(Oc2nccnc2C(N)=NO)ccc1C(C)C. The lowest BCUT2D eigenvalue weighted by Gasteiger charge is -2.12. The van der Waals surface area contributed by atoms with Crippen LogP contribution in [0.25, 0.3) is 0 Å². The summed E-state index contributed by atoms with van der Waals surface area (Å²) in [7, 11) is 0. The molecule has 21 heavy (non-hydrogen) atoms. The number of hydrogen-bond donors (Lipinski definition) is 2. The lowest BCUT2D eigenvalue weighted by atomic mass is 9.98. The molecule has 0 spiro atoms. The van der Waals surface area contributed by atoms with Gasteiger partial charge < -0.3 is 15.7 Å². The van der Waals surface area contributed by atoms with E-state index >= 15 is 0 Å². The van der Waals surface area contributed by atoms with Gasteiger partial charge >= 0.3 is 0 Å². The minimum Gasteiger partial charge on any atom is -0.437 e. The first-order valence-corrected chi connectivity index (χ1v) is 6.60. The fraction of sp³-hybridized carbons (Fsp3) is 0.267. The summed E-state index contributed by atoms with van der Waals surface area (Å²) in [6, 6.07) is 5.82. The number of ether oxygens (including phenoxy) is 1. The molecule has 3 N–H and O–H groups in total. The zero-order chi connectivity index (χ0) is 15.4. The van der Waals surface area contributed by atoms with Crippen molar-refractivity contribution in [2.45, 2.75) is 26.7 Å². The Hall–Kier alpha value is -2.63. The van der Waals surface area contributed by atoms with Gasteiger partial charge in [-0.05, 0) is 36.1 Å². The molecule has 0 atom stereocenters. The van der Waals surface area contributed by atoms with Gasteiger partial charge in [-0.25, -0.2) is 9.97 Å². The summed E-state index contributed by atoms with van der Waals surface area (Å²) < 4.78 is 5.70. The van der Waals surface area contributed by atoms with Gasteiger partial charge in [-0.1, -0.05) is 25.1 Å². The summed E-state index contributed by atoms with van der Waals surface area (Å²) in [5.41, 5.74) is 8.16. The van der Waals surface area contributed by atoms with Crippen molar-refractivity contribution in [3.63, 3.8) is 0 Å². The second kappa shape index (κ2) is 6.21. The molecule has 1 heterocycles. The molecule has 6 heteroatoms. The van der Waals surface area contributed by atoms with Gasteiger partial charge in [-0.2, -0.15) is 0 Å². The van der Waals surface area contributed by atoms with E-state index in [2.05, 4.69) is 29.0 Å². The molecule has 110 valence electrons. The maximum Gasteiger partial charge on any atom is 0.249 e. The molecule has 1 aromatic heterocycles. The van der Waals surface area contributed by atoms with Crippen LogP contribution >= 0.6 is 0 Å². The van der Waals surface area contributed by atoms with Gasteiger partial charge in [0.15, 0.2) is 11.5 Å². The Morgan fingerprint density at radius 2 is 2.00 bits per heavy atom. The maximum atomic E-state index is 8.76. The van der Waals surface area contributed by atoms with Crippen molar-refractivity contribution in [2.24, 2.45) is 10.9 Å². The summed E-state index contributed by atoms with van der Waals surface area (Å²) in [4.78, 5) is 8.08. The van der Waals surface area contributed by atoms with Gasteiger partial charge in [0, 0.05) is 12.4 Å². The molecule has 0 aliphatic carbocycles. The Morgan fingerprint density at radius 3 is 2.62 bits per heavy atom. The second-order valence-electron chi connectivity index (χ2n) is 4.97. The molecule has 0 aliphatic rings. The van der Waals surface area contributed by atoms with E-state index in [1.54, 1.807) is 0 Å². The number of aryl methyl sites for hydroxylation is 1. The highest BCUT2D eigenvalue weighted by molar-refractivity contribution is 5.97. The highest BCUT2D eigenvalue weighted by Gasteiger charge is 2.13. The van der Waals surface area contributed by atoms with E-state index in [0.717, 1.165) is 5.56 Å². The molecule has 6 nitrogen and oxygen atoms in total. The zero-order valence-electron chi connectivity index (χ0n) is 12.2. The fourth-order valence-corrected chi connectivity index (χ4v) is 2.09. The average Bonchev–Trinajstić information content (AvgIpc) is 2.46. The van der Waals surface area contributed by atoms with Crippen LogP contribution in [0.15, 0.2) is 35.7 Å². The standard InChI is InChI=1S/C15H18N4O2/c1-9(2)12-5-4-11(8-10(12)3)21-15-13(14(16)19-20)17-6-7-18-15/h4-9,20H,1-3H3,(H2,16,19). The van der Waals surface area contributed by atoms with Crippen LogP contribution in [0.1, 0.15) is 36.6 Å². The molecule has 1 aromatic carbocycles. The van der Waals surface area contributed by atoms with Gasteiger partial charge in [0.05, 0.1) is 0 Å². The Kier molecular flexibility index (Phi) is 4.37. The number of hydrogen-bond acceptors (Lipinski definition) is 5. The zero-order valence-corrected chi connectivity index (χ0v) is 12.2. The summed E-state index contributed by atoms with van der Waals surface area (Å²) in [6.45, 7) is 6.31. The van der Waals surface area contributed by atoms with Crippen molar-refractivity contribution in [2.75, 3.05) is 0 Å². The molecule has 0 saturated heterocycles. The van der Waals surface area contributed by atoms with Gasteiger partial charge in [0.1, 0.15) is 5.75 Å². The Morgan fingerprint density at radius 1 is 1.29 bits per heavy atom. The quantitative estimate of drug-likeness (QED) is 0.390. The van der Waals surface area contributed by atoms with Crippen molar-refractivity contribution in [1.29, 1.82) is 0 Å². The van der Waals surface area contributed by atoms with Crippen molar-refractivity contribution >= 4 is 5.84 Å². The number of aromatic nitrogens is 2. The Labute approximate surface area is 123 Å². The first kappa shape index (κ1) is 14.8. The predicted molar refractivity (Wildman–Crippen MR) is 79.9 cm³/mol. The molecule has 0 fully saturated rings. The Balaban J connectivity index is 2.33. The van der Waals surface area contributed by atoms with Gasteiger partial charge in [0.25, 0.3) is 0 Å². The third-order valence-corrected chi connectivity index (χ3v) is 3.09. The third-order valence-electron chi connectivity index (χ3n) is 3.09. The fourth-order valence-electron chi connectivity index (χ4n) is 2.09. The van der Waals surface area contributed by atoms with Crippen LogP contribution in [0.4, 0.5) is 0 Å². The highest BCUT2D eigenvalue weighted by atomic mass is 16.5. The number of amidine groups is 1. The van der Waals surface area contributed by atoms with Gasteiger partial charge in [-0.3, -0.25) is 0 Å². The maximum absolute atomic E-state index is 8.76. The highest BCUT2D eigenvalue weighted by Crippen LogP contribution is 2.27. The molecule has 0 amide bonds.